The molecule has 0 saturated heterocycles. The first-order chi connectivity index (χ1) is 11.3. The van der Waals surface area contributed by atoms with Gasteiger partial charge in [0.15, 0.2) is 0 Å². The first kappa shape index (κ1) is 14.8. The van der Waals surface area contributed by atoms with Crippen molar-refractivity contribution >= 4 is 0 Å². The average molecular weight is 307 g/mol. The highest BCUT2D eigenvalue weighted by Crippen LogP contribution is 2.48. The van der Waals surface area contributed by atoms with Gasteiger partial charge < -0.3 is 10.1 Å². The van der Waals surface area contributed by atoms with Crippen LogP contribution < -0.4 is 10.1 Å². The summed E-state index contributed by atoms with van der Waals surface area (Å²) in [5, 5.41) is 3.44. The van der Waals surface area contributed by atoms with Crippen molar-refractivity contribution in [2.24, 2.45) is 0 Å². The molecule has 0 radical (unpaired) electrons. The number of fused-ring (bicyclic) bond motifs is 2. The topological polar surface area (TPSA) is 21.3 Å². The van der Waals surface area contributed by atoms with E-state index in [0.717, 1.165) is 11.5 Å². The fraction of sp³-hybridized carbons (Fsp3) is 0.429. The largest absolute Gasteiger partial charge is 0.457 e. The summed E-state index contributed by atoms with van der Waals surface area (Å²) in [6.45, 7) is 2.32. The zero-order chi connectivity index (χ0) is 15.8. The third-order valence-electron chi connectivity index (χ3n) is 5.71. The molecule has 1 saturated carbocycles. The molecule has 0 amide bonds. The van der Waals surface area contributed by atoms with Gasteiger partial charge in [-0.2, -0.15) is 0 Å². The van der Waals surface area contributed by atoms with Crippen LogP contribution in [0.15, 0.2) is 42.5 Å². The van der Waals surface area contributed by atoms with E-state index in [1.807, 2.05) is 0 Å². The molecular weight excluding hydrogens is 282 g/mol. The van der Waals surface area contributed by atoms with Gasteiger partial charge in [0.1, 0.15) is 11.5 Å². The molecule has 1 heterocycles. The van der Waals surface area contributed by atoms with Crippen LogP contribution in [0, 0.1) is 0 Å². The Bertz CT molecular complexity index is 701. The van der Waals surface area contributed by atoms with Crippen molar-refractivity contribution in [1.29, 1.82) is 0 Å². The summed E-state index contributed by atoms with van der Waals surface area (Å²) in [5.41, 5.74) is 4.24. The van der Waals surface area contributed by atoms with Crippen LogP contribution in [-0.2, 0) is 0 Å². The predicted octanol–water partition coefficient (Wildman–Crippen LogP) is 5.19. The Kier molecular flexibility index (Phi) is 3.86. The zero-order valence-corrected chi connectivity index (χ0v) is 14.0. The number of hydrogen-bond acceptors (Lipinski definition) is 2. The van der Waals surface area contributed by atoms with Crippen molar-refractivity contribution in [3.8, 4) is 11.5 Å². The van der Waals surface area contributed by atoms with E-state index in [4.69, 9.17) is 4.74 Å². The third-order valence-corrected chi connectivity index (χ3v) is 5.71. The third kappa shape index (κ3) is 2.55. The van der Waals surface area contributed by atoms with Crippen molar-refractivity contribution in [3.63, 3.8) is 0 Å². The van der Waals surface area contributed by atoms with Gasteiger partial charge in [0.25, 0.3) is 0 Å². The minimum absolute atomic E-state index is 0.410. The Morgan fingerprint density at radius 1 is 0.870 bits per heavy atom. The number of hydrogen-bond donors (Lipinski definition) is 1. The van der Waals surface area contributed by atoms with E-state index < -0.39 is 0 Å². The Labute approximate surface area is 138 Å². The van der Waals surface area contributed by atoms with Gasteiger partial charge >= 0.3 is 0 Å². The van der Waals surface area contributed by atoms with E-state index in [2.05, 4.69) is 61.8 Å². The maximum absolute atomic E-state index is 6.21. The molecule has 23 heavy (non-hydrogen) atoms. The summed E-state index contributed by atoms with van der Waals surface area (Å²) in [7, 11) is 2.09. The molecule has 0 spiro atoms. The molecule has 120 valence electrons. The predicted molar refractivity (Wildman–Crippen MR) is 94.5 cm³/mol. The van der Waals surface area contributed by atoms with Crippen LogP contribution in [0.3, 0.4) is 0 Å². The van der Waals surface area contributed by atoms with Crippen LogP contribution in [0.2, 0.25) is 0 Å². The summed E-state index contributed by atoms with van der Waals surface area (Å²) < 4.78 is 6.21. The quantitative estimate of drug-likeness (QED) is 0.824. The number of ether oxygens (including phenoxy) is 1. The van der Waals surface area contributed by atoms with Crippen LogP contribution in [-0.4, -0.2) is 13.1 Å². The van der Waals surface area contributed by atoms with Crippen molar-refractivity contribution in [2.45, 2.75) is 50.5 Å². The molecular formula is C21H25NO. The molecule has 1 atom stereocenters. The number of nitrogens with one attached hydrogen (secondary N) is 1. The molecule has 1 aliphatic heterocycles. The Balaban J connectivity index is 1.70. The lowest BCUT2D eigenvalue weighted by molar-refractivity contribution is 0.355. The number of benzene rings is 2. The van der Waals surface area contributed by atoms with Crippen LogP contribution in [0.25, 0.3) is 0 Å². The second kappa shape index (κ2) is 6.01. The monoisotopic (exact) mass is 307 g/mol. The molecule has 2 aromatic carbocycles. The number of rotatable bonds is 2. The van der Waals surface area contributed by atoms with Crippen molar-refractivity contribution in [3.05, 3.63) is 59.2 Å². The average Bonchev–Trinajstić information content (AvgIpc) is 2.61. The lowest BCUT2D eigenvalue weighted by Crippen LogP contribution is -2.30. The Morgan fingerprint density at radius 3 is 2.35 bits per heavy atom. The SMILES string of the molecule is CNC1CCC(c2cccc3c2C(C)c2ccccc2O3)CC1. The molecule has 2 aliphatic rings. The fourth-order valence-electron chi connectivity index (χ4n) is 4.37. The van der Waals surface area contributed by atoms with E-state index in [1.165, 1.54) is 42.4 Å². The van der Waals surface area contributed by atoms with Crippen molar-refractivity contribution < 1.29 is 4.74 Å². The Hall–Kier alpha value is -1.80. The molecule has 2 nitrogen and oxygen atoms in total. The van der Waals surface area contributed by atoms with Gasteiger partial charge in [-0.1, -0.05) is 37.3 Å². The van der Waals surface area contributed by atoms with E-state index in [0.29, 0.717) is 17.9 Å². The second-order valence-corrected chi connectivity index (χ2v) is 6.96. The normalized spacial score (nSPS) is 26.1. The molecule has 1 fully saturated rings. The van der Waals surface area contributed by atoms with Gasteiger partial charge in [0.2, 0.25) is 0 Å². The summed E-state index contributed by atoms with van der Waals surface area (Å²) in [5.74, 6) is 3.16. The van der Waals surface area contributed by atoms with Gasteiger partial charge in [-0.05, 0) is 56.3 Å². The molecule has 2 aromatic rings. The van der Waals surface area contributed by atoms with Gasteiger partial charge in [0, 0.05) is 23.1 Å². The van der Waals surface area contributed by atoms with Gasteiger partial charge in [0.05, 0.1) is 0 Å². The van der Waals surface area contributed by atoms with Gasteiger partial charge in [-0.3, -0.25) is 0 Å². The molecule has 2 heteroatoms. The van der Waals surface area contributed by atoms with Gasteiger partial charge in [-0.25, -0.2) is 0 Å². The lowest BCUT2D eigenvalue weighted by Gasteiger charge is -2.33. The summed E-state index contributed by atoms with van der Waals surface area (Å²) in [6, 6.07) is 15.8. The minimum atomic E-state index is 0.410. The maximum Gasteiger partial charge on any atom is 0.131 e. The van der Waals surface area contributed by atoms with Crippen LogP contribution >= 0.6 is 0 Å². The highest BCUT2D eigenvalue weighted by Gasteiger charge is 2.30. The van der Waals surface area contributed by atoms with Crippen LogP contribution in [0.1, 0.15) is 61.1 Å². The van der Waals surface area contributed by atoms with Crippen LogP contribution in [0.5, 0.6) is 11.5 Å². The first-order valence-corrected chi connectivity index (χ1v) is 8.84. The minimum Gasteiger partial charge on any atom is -0.457 e. The number of para-hydroxylation sites is 1. The first-order valence-electron chi connectivity index (χ1n) is 8.84. The zero-order valence-electron chi connectivity index (χ0n) is 14.0. The molecule has 0 aromatic heterocycles. The van der Waals surface area contributed by atoms with E-state index in [9.17, 15) is 0 Å². The molecule has 4 rings (SSSR count). The summed E-state index contributed by atoms with van der Waals surface area (Å²) in [4.78, 5) is 0. The van der Waals surface area contributed by atoms with Crippen LogP contribution in [0.4, 0.5) is 0 Å². The molecule has 0 bridgehead atoms. The summed E-state index contributed by atoms with van der Waals surface area (Å²) >= 11 is 0. The summed E-state index contributed by atoms with van der Waals surface area (Å²) in [6.07, 6.45) is 5.10. The highest BCUT2D eigenvalue weighted by atomic mass is 16.5. The maximum atomic E-state index is 6.21. The molecule has 1 N–H and O–H groups in total. The lowest BCUT2D eigenvalue weighted by atomic mass is 9.76. The molecule has 1 unspecified atom stereocenters. The van der Waals surface area contributed by atoms with E-state index in [1.54, 1.807) is 0 Å². The van der Waals surface area contributed by atoms with Crippen molar-refractivity contribution in [2.75, 3.05) is 7.05 Å². The fourth-order valence-corrected chi connectivity index (χ4v) is 4.37. The van der Waals surface area contributed by atoms with Gasteiger partial charge in [-0.15, -0.1) is 0 Å². The Morgan fingerprint density at radius 2 is 1.57 bits per heavy atom. The smallest absolute Gasteiger partial charge is 0.131 e. The molecule has 1 aliphatic carbocycles. The standard InChI is InChI=1S/C21H25NO/c1-14-17-6-3-4-8-19(17)23-20-9-5-7-18(21(14)20)15-10-12-16(22-2)13-11-15/h3-9,14-16,22H,10-13H2,1-2H3. The van der Waals surface area contributed by atoms with E-state index in [-0.39, 0.29) is 0 Å². The second-order valence-electron chi connectivity index (χ2n) is 6.96. The highest BCUT2D eigenvalue weighted by molar-refractivity contribution is 5.56. The van der Waals surface area contributed by atoms with Crippen molar-refractivity contribution in [1.82, 2.24) is 5.32 Å². The van der Waals surface area contributed by atoms with E-state index >= 15 is 0 Å².